The molecule has 2 amide bonds. The van der Waals surface area contributed by atoms with Crippen LogP contribution < -0.4 is 11.1 Å². The number of aromatic nitrogens is 1. The Morgan fingerprint density at radius 3 is 2.96 bits per heavy atom. The summed E-state index contributed by atoms with van der Waals surface area (Å²) in [6, 6.07) is -0.623. The van der Waals surface area contributed by atoms with E-state index in [1.54, 1.807) is 16.5 Å². The Morgan fingerprint density at radius 1 is 1.48 bits per heavy atom. The van der Waals surface area contributed by atoms with E-state index in [0.29, 0.717) is 24.5 Å². The normalized spacial score (nSPS) is 18.9. The molecule has 8 heteroatoms. The lowest BCUT2D eigenvalue weighted by Crippen LogP contribution is -2.49. The number of hydrogen-bond acceptors (Lipinski definition) is 6. The first kappa shape index (κ1) is 19.5. The highest BCUT2D eigenvalue weighted by Gasteiger charge is 2.28. The van der Waals surface area contributed by atoms with Gasteiger partial charge in [-0.2, -0.15) is 0 Å². The van der Waals surface area contributed by atoms with E-state index in [-0.39, 0.29) is 30.1 Å². The number of nitrogens with one attached hydrogen (secondary N) is 1. The molecule has 1 saturated heterocycles. The monoisotopic (exact) mass is 366 g/mol. The predicted octanol–water partition coefficient (Wildman–Crippen LogP) is 1.20. The maximum absolute atomic E-state index is 12.6. The number of carbonyl (C=O) groups is 3. The minimum Gasteiger partial charge on any atom is -0.344 e. The highest BCUT2D eigenvalue weighted by atomic mass is 32.1. The number of amides is 2. The van der Waals surface area contributed by atoms with E-state index in [2.05, 4.69) is 10.3 Å². The summed E-state index contributed by atoms with van der Waals surface area (Å²) in [7, 11) is 0. The number of rotatable bonds is 9. The molecule has 3 N–H and O–H groups in total. The molecule has 0 spiro atoms. The molecule has 2 atom stereocenters. The average Bonchev–Trinajstić information content (AvgIpc) is 3.12. The number of unbranched alkanes of at least 4 members (excludes halogenated alkanes) is 1. The number of likely N-dealkylation sites (tertiary alicyclic amines) is 1. The summed E-state index contributed by atoms with van der Waals surface area (Å²) in [4.78, 5) is 42.7. The van der Waals surface area contributed by atoms with Crippen molar-refractivity contribution in [2.75, 3.05) is 19.6 Å². The minimum atomic E-state index is -0.623. The highest BCUT2D eigenvalue weighted by Crippen LogP contribution is 2.17. The SMILES string of the molecule is C[C@H]1CCCN(CC(=O)NC(CCCCN)C(=O)c2nccs2)C1=O. The number of Topliss-reactive ketones (excluding diaryl/α,β-unsaturated/α-hetero) is 1. The van der Waals surface area contributed by atoms with E-state index >= 15 is 0 Å². The van der Waals surface area contributed by atoms with Gasteiger partial charge in [0.15, 0.2) is 5.01 Å². The molecule has 7 nitrogen and oxygen atoms in total. The molecule has 2 heterocycles. The fourth-order valence-electron chi connectivity index (χ4n) is 2.96. The van der Waals surface area contributed by atoms with Crippen LogP contribution in [0.5, 0.6) is 0 Å². The van der Waals surface area contributed by atoms with E-state index in [0.717, 1.165) is 25.7 Å². The van der Waals surface area contributed by atoms with E-state index in [4.69, 9.17) is 5.73 Å². The fraction of sp³-hybridized carbons (Fsp3) is 0.647. The zero-order chi connectivity index (χ0) is 18.2. The third-order valence-corrected chi connectivity index (χ3v) is 5.16. The van der Waals surface area contributed by atoms with Gasteiger partial charge in [-0.05, 0) is 38.6 Å². The molecule has 0 saturated carbocycles. The van der Waals surface area contributed by atoms with E-state index in [9.17, 15) is 14.4 Å². The zero-order valence-corrected chi connectivity index (χ0v) is 15.4. The number of thiazole rings is 1. The fourth-order valence-corrected chi connectivity index (χ4v) is 3.59. The van der Waals surface area contributed by atoms with E-state index < -0.39 is 6.04 Å². The van der Waals surface area contributed by atoms with Crippen LogP contribution in [0.1, 0.15) is 48.8 Å². The summed E-state index contributed by atoms with van der Waals surface area (Å²) in [6.07, 6.45) is 5.40. The Hall–Kier alpha value is -1.80. The van der Waals surface area contributed by atoms with Crippen LogP contribution in [0.25, 0.3) is 0 Å². The van der Waals surface area contributed by atoms with Gasteiger partial charge in [0.2, 0.25) is 17.6 Å². The first-order valence-corrected chi connectivity index (χ1v) is 9.62. The number of ketones is 1. The first-order valence-electron chi connectivity index (χ1n) is 8.75. The van der Waals surface area contributed by atoms with Crippen LogP contribution in [0, 0.1) is 5.92 Å². The third-order valence-electron chi connectivity index (χ3n) is 4.37. The lowest BCUT2D eigenvalue weighted by atomic mass is 9.99. The van der Waals surface area contributed by atoms with Crippen molar-refractivity contribution in [1.29, 1.82) is 0 Å². The molecule has 25 heavy (non-hydrogen) atoms. The summed E-state index contributed by atoms with van der Waals surface area (Å²) in [5, 5.41) is 4.92. The predicted molar refractivity (Wildman–Crippen MR) is 96.3 cm³/mol. The van der Waals surface area contributed by atoms with Crippen molar-refractivity contribution in [3.8, 4) is 0 Å². The van der Waals surface area contributed by atoms with Crippen molar-refractivity contribution in [2.45, 2.75) is 45.1 Å². The number of carbonyl (C=O) groups excluding carboxylic acids is 3. The lowest BCUT2D eigenvalue weighted by molar-refractivity contribution is -0.141. The van der Waals surface area contributed by atoms with Gasteiger partial charge in [0, 0.05) is 24.0 Å². The van der Waals surface area contributed by atoms with Gasteiger partial charge >= 0.3 is 0 Å². The molecule has 2 rings (SSSR count). The summed E-state index contributed by atoms with van der Waals surface area (Å²) >= 11 is 1.26. The quantitative estimate of drug-likeness (QED) is 0.505. The zero-order valence-electron chi connectivity index (χ0n) is 14.6. The maximum Gasteiger partial charge on any atom is 0.240 e. The molecular formula is C17H26N4O3S. The molecule has 1 aromatic rings. The Labute approximate surface area is 152 Å². The number of nitrogens with two attached hydrogens (primary N) is 1. The second kappa shape index (κ2) is 9.62. The lowest BCUT2D eigenvalue weighted by Gasteiger charge is -2.30. The molecular weight excluding hydrogens is 340 g/mol. The summed E-state index contributed by atoms with van der Waals surface area (Å²) < 4.78 is 0. The van der Waals surface area contributed by atoms with Gasteiger partial charge in [-0.15, -0.1) is 11.3 Å². The number of piperidine rings is 1. The van der Waals surface area contributed by atoms with Crippen molar-refractivity contribution in [2.24, 2.45) is 11.7 Å². The van der Waals surface area contributed by atoms with Crippen molar-refractivity contribution in [3.05, 3.63) is 16.6 Å². The molecule has 1 unspecified atom stereocenters. The molecule has 0 aliphatic carbocycles. The highest BCUT2D eigenvalue weighted by molar-refractivity contribution is 7.11. The second-order valence-electron chi connectivity index (χ2n) is 6.41. The van der Waals surface area contributed by atoms with Gasteiger partial charge in [0.25, 0.3) is 0 Å². The third kappa shape index (κ3) is 5.61. The Morgan fingerprint density at radius 2 is 2.28 bits per heavy atom. The Kier molecular flexibility index (Phi) is 7.52. The Balaban J connectivity index is 1.96. The van der Waals surface area contributed by atoms with Gasteiger partial charge in [0.1, 0.15) is 0 Å². The van der Waals surface area contributed by atoms with Crippen LogP contribution in [0.4, 0.5) is 0 Å². The van der Waals surface area contributed by atoms with Crippen LogP contribution in [0.2, 0.25) is 0 Å². The molecule has 0 aromatic carbocycles. The van der Waals surface area contributed by atoms with E-state index in [1.807, 2.05) is 6.92 Å². The largest absolute Gasteiger partial charge is 0.344 e. The van der Waals surface area contributed by atoms with Gasteiger partial charge in [-0.25, -0.2) is 4.98 Å². The van der Waals surface area contributed by atoms with Crippen LogP contribution in [-0.2, 0) is 9.59 Å². The second-order valence-corrected chi connectivity index (χ2v) is 7.30. The van der Waals surface area contributed by atoms with Crippen molar-refractivity contribution in [1.82, 2.24) is 15.2 Å². The first-order chi connectivity index (χ1) is 12.0. The Bertz CT molecular complexity index is 591. The van der Waals surface area contributed by atoms with Crippen LogP contribution in [-0.4, -0.2) is 53.2 Å². The molecule has 1 fully saturated rings. The molecule has 0 radical (unpaired) electrons. The molecule has 1 aliphatic rings. The van der Waals surface area contributed by atoms with Crippen LogP contribution in [0.3, 0.4) is 0 Å². The topological polar surface area (TPSA) is 105 Å². The number of nitrogens with zero attached hydrogens (tertiary/aromatic N) is 2. The molecule has 138 valence electrons. The smallest absolute Gasteiger partial charge is 0.240 e. The number of hydrogen-bond donors (Lipinski definition) is 2. The van der Waals surface area contributed by atoms with Gasteiger partial charge in [-0.1, -0.05) is 6.92 Å². The average molecular weight is 366 g/mol. The van der Waals surface area contributed by atoms with Crippen LogP contribution >= 0.6 is 11.3 Å². The van der Waals surface area contributed by atoms with Crippen molar-refractivity contribution in [3.63, 3.8) is 0 Å². The van der Waals surface area contributed by atoms with Crippen molar-refractivity contribution < 1.29 is 14.4 Å². The molecule has 1 aromatic heterocycles. The van der Waals surface area contributed by atoms with Crippen LogP contribution in [0.15, 0.2) is 11.6 Å². The molecule has 1 aliphatic heterocycles. The maximum atomic E-state index is 12.6. The summed E-state index contributed by atoms with van der Waals surface area (Å²) in [5.41, 5.74) is 5.51. The van der Waals surface area contributed by atoms with Gasteiger partial charge in [-0.3, -0.25) is 14.4 Å². The van der Waals surface area contributed by atoms with Crippen molar-refractivity contribution >= 4 is 28.9 Å². The van der Waals surface area contributed by atoms with Gasteiger partial charge in [0.05, 0.1) is 12.6 Å². The van der Waals surface area contributed by atoms with Gasteiger partial charge < -0.3 is 16.0 Å². The minimum absolute atomic E-state index is 0.00170. The summed E-state index contributed by atoms with van der Waals surface area (Å²) in [6.45, 7) is 3.02. The summed E-state index contributed by atoms with van der Waals surface area (Å²) in [5.74, 6) is -0.519. The standard InChI is InChI=1S/C17H26N4O3S/c1-12-5-4-9-21(17(12)24)11-14(22)20-13(6-2-3-7-18)15(23)16-19-8-10-25-16/h8,10,12-13H,2-7,9,11,18H2,1H3,(H,20,22)/t12-,13?/m0/s1. The molecule has 0 bridgehead atoms. The van der Waals surface area contributed by atoms with E-state index in [1.165, 1.54) is 11.3 Å².